The first-order valence-corrected chi connectivity index (χ1v) is 14.1. The number of Topliss-reactive ketones (excluding diaryl/α,β-unsaturated/α-hetero) is 1. The lowest BCUT2D eigenvalue weighted by atomic mass is 10.0. The van der Waals surface area contributed by atoms with E-state index in [2.05, 4.69) is 15.6 Å². The van der Waals surface area contributed by atoms with Gasteiger partial charge in [0.25, 0.3) is 0 Å². The number of morpholine rings is 1. The van der Waals surface area contributed by atoms with Crippen LogP contribution in [0, 0.1) is 0 Å². The lowest BCUT2D eigenvalue weighted by Gasteiger charge is -2.32. The van der Waals surface area contributed by atoms with Gasteiger partial charge in [0.1, 0.15) is 0 Å². The van der Waals surface area contributed by atoms with Crippen LogP contribution < -0.4 is 15.5 Å². The number of nitrogens with zero attached hydrogens (tertiary/aromatic N) is 4. The van der Waals surface area contributed by atoms with E-state index in [1.807, 2.05) is 5.32 Å². The van der Waals surface area contributed by atoms with E-state index in [0.29, 0.717) is 24.8 Å². The SMILES string of the molecule is O=C(O)Nc1cc(N2CCOCC2)c(C(F)(F)F)cc1NC(=O)CC(=O)c1cccc(-n2nncc2CC2CCCCO2)c1. The Kier molecular flexibility index (Phi) is 9.44. The van der Waals surface area contributed by atoms with E-state index < -0.39 is 41.6 Å². The molecule has 0 aliphatic carbocycles. The number of hydrogen-bond donors (Lipinski definition) is 3. The van der Waals surface area contributed by atoms with Gasteiger partial charge in [-0.1, -0.05) is 17.3 Å². The van der Waals surface area contributed by atoms with Crippen LogP contribution in [0.5, 0.6) is 0 Å². The van der Waals surface area contributed by atoms with Gasteiger partial charge in [-0.25, -0.2) is 9.48 Å². The molecule has 2 saturated heterocycles. The van der Waals surface area contributed by atoms with Crippen molar-refractivity contribution in [1.29, 1.82) is 0 Å². The number of carboxylic acid groups (broad SMARTS) is 1. The summed E-state index contributed by atoms with van der Waals surface area (Å²) in [7, 11) is 0. The molecule has 0 bridgehead atoms. The first-order valence-electron chi connectivity index (χ1n) is 14.1. The fourth-order valence-electron chi connectivity index (χ4n) is 5.27. The van der Waals surface area contributed by atoms with E-state index in [1.54, 1.807) is 29.1 Å². The first kappa shape index (κ1) is 30.9. The number of benzene rings is 2. The maximum Gasteiger partial charge on any atom is 0.418 e. The van der Waals surface area contributed by atoms with Crippen molar-refractivity contribution in [1.82, 2.24) is 15.0 Å². The number of halogens is 3. The maximum atomic E-state index is 14.1. The number of hydrogen-bond acceptors (Lipinski definition) is 8. The van der Waals surface area contributed by atoms with Gasteiger partial charge >= 0.3 is 12.3 Å². The van der Waals surface area contributed by atoms with E-state index in [0.717, 1.165) is 31.0 Å². The van der Waals surface area contributed by atoms with Crippen molar-refractivity contribution in [3.8, 4) is 5.69 Å². The fourth-order valence-corrected chi connectivity index (χ4v) is 5.27. The Balaban J connectivity index is 1.34. The third kappa shape index (κ3) is 7.52. The number of ether oxygens (including phenoxy) is 2. The van der Waals surface area contributed by atoms with Crippen molar-refractivity contribution in [2.45, 2.75) is 44.4 Å². The molecule has 0 spiro atoms. The Morgan fingerprint density at radius 3 is 2.50 bits per heavy atom. The van der Waals surface area contributed by atoms with Crippen molar-refractivity contribution in [3.05, 3.63) is 59.4 Å². The Morgan fingerprint density at radius 2 is 1.80 bits per heavy atom. The monoisotopic (exact) mass is 616 g/mol. The molecule has 3 N–H and O–H groups in total. The molecule has 3 heterocycles. The highest BCUT2D eigenvalue weighted by Gasteiger charge is 2.37. The zero-order valence-electron chi connectivity index (χ0n) is 23.6. The minimum absolute atomic E-state index is 0.0378. The molecule has 3 aromatic rings. The van der Waals surface area contributed by atoms with Crippen LogP contribution in [-0.4, -0.2) is 76.9 Å². The van der Waals surface area contributed by atoms with Crippen LogP contribution in [0.4, 0.5) is 35.0 Å². The van der Waals surface area contributed by atoms with Crippen molar-refractivity contribution in [2.24, 2.45) is 0 Å². The molecule has 2 aliphatic heterocycles. The number of amides is 2. The number of carbonyl (C=O) groups excluding carboxylic acids is 2. The first-order chi connectivity index (χ1) is 21.1. The van der Waals surface area contributed by atoms with Gasteiger partial charge in [0.05, 0.1) is 65.9 Å². The molecule has 2 aliphatic rings. The summed E-state index contributed by atoms with van der Waals surface area (Å²) in [4.78, 5) is 38.9. The third-order valence-electron chi connectivity index (χ3n) is 7.37. The zero-order chi connectivity index (χ0) is 31.3. The standard InChI is InChI=1S/C29H31F3N6O6/c30-29(31,32)22-14-23(24(35-28(41)42)15-25(22)37-7-10-43-11-8-37)34-27(40)16-26(39)18-4-3-5-19(12-18)38-20(17-33-36-38)13-21-6-1-2-9-44-21/h3-5,12,14-15,17,21,35H,1-2,6-11,13,16H2,(H,34,40)(H,41,42). The van der Waals surface area contributed by atoms with Crippen molar-refractivity contribution < 1.29 is 42.1 Å². The predicted molar refractivity (Wildman–Crippen MR) is 152 cm³/mol. The highest BCUT2D eigenvalue weighted by Crippen LogP contribution is 2.42. The van der Waals surface area contributed by atoms with Crippen LogP contribution in [0.3, 0.4) is 0 Å². The number of nitrogens with one attached hydrogen (secondary N) is 2. The smallest absolute Gasteiger partial charge is 0.418 e. The Morgan fingerprint density at radius 1 is 1.02 bits per heavy atom. The molecule has 44 heavy (non-hydrogen) atoms. The normalized spacial score (nSPS) is 17.2. The highest BCUT2D eigenvalue weighted by atomic mass is 19.4. The van der Waals surface area contributed by atoms with Gasteiger partial charge < -0.3 is 24.8 Å². The molecule has 12 nitrogen and oxygen atoms in total. The third-order valence-corrected chi connectivity index (χ3v) is 7.37. The van der Waals surface area contributed by atoms with Crippen molar-refractivity contribution in [3.63, 3.8) is 0 Å². The van der Waals surface area contributed by atoms with Gasteiger partial charge in [0.2, 0.25) is 5.91 Å². The molecule has 2 amide bonds. The second-order valence-corrected chi connectivity index (χ2v) is 10.5. The molecule has 5 rings (SSSR count). The summed E-state index contributed by atoms with van der Waals surface area (Å²) in [5, 5.41) is 21.8. The van der Waals surface area contributed by atoms with E-state index in [4.69, 9.17) is 9.47 Å². The van der Waals surface area contributed by atoms with Gasteiger partial charge in [0.15, 0.2) is 5.78 Å². The highest BCUT2D eigenvalue weighted by molar-refractivity contribution is 6.12. The number of alkyl halides is 3. The molecule has 234 valence electrons. The van der Waals surface area contributed by atoms with Gasteiger partial charge in [0, 0.05) is 31.7 Å². The average Bonchev–Trinajstić information content (AvgIpc) is 3.46. The average molecular weight is 617 g/mol. The summed E-state index contributed by atoms with van der Waals surface area (Å²) in [6.07, 6.45) is -1.79. The van der Waals surface area contributed by atoms with Gasteiger partial charge in [-0.05, 0) is 43.5 Å². The number of anilines is 3. The quantitative estimate of drug-likeness (QED) is 0.233. The van der Waals surface area contributed by atoms with Crippen LogP contribution in [0.25, 0.3) is 5.69 Å². The maximum absolute atomic E-state index is 14.1. The van der Waals surface area contributed by atoms with E-state index in [1.165, 1.54) is 11.0 Å². The van der Waals surface area contributed by atoms with Gasteiger partial charge in [-0.2, -0.15) is 13.2 Å². The zero-order valence-corrected chi connectivity index (χ0v) is 23.6. The Bertz CT molecular complexity index is 1520. The molecule has 2 fully saturated rings. The van der Waals surface area contributed by atoms with Crippen LogP contribution in [0.15, 0.2) is 42.6 Å². The summed E-state index contributed by atoms with van der Waals surface area (Å²) in [6, 6.07) is 8.10. The molecular formula is C29H31F3N6O6. The Hall–Kier alpha value is -4.50. The number of rotatable bonds is 9. The second kappa shape index (κ2) is 13.4. The summed E-state index contributed by atoms with van der Waals surface area (Å²) in [6.45, 7) is 1.43. The molecule has 0 saturated carbocycles. The van der Waals surface area contributed by atoms with E-state index in [9.17, 15) is 32.7 Å². The molecule has 1 atom stereocenters. The summed E-state index contributed by atoms with van der Waals surface area (Å²) < 4.78 is 54.9. The molecular weight excluding hydrogens is 585 g/mol. The molecule has 0 radical (unpaired) electrons. The van der Waals surface area contributed by atoms with Crippen LogP contribution >= 0.6 is 0 Å². The predicted octanol–water partition coefficient (Wildman–Crippen LogP) is 4.54. The van der Waals surface area contributed by atoms with Gasteiger partial charge in [-0.15, -0.1) is 5.10 Å². The minimum atomic E-state index is -4.81. The van der Waals surface area contributed by atoms with Crippen LogP contribution in [0.1, 0.15) is 47.3 Å². The second-order valence-electron chi connectivity index (χ2n) is 10.5. The molecule has 1 unspecified atom stereocenters. The topological polar surface area (TPSA) is 148 Å². The largest absolute Gasteiger partial charge is 0.465 e. The molecule has 15 heteroatoms. The Labute approximate surface area is 250 Å². The number of carbonyl (C=O) groups is 3. The lowest BCUT2D eigenvalue weighted by Crippen LogP contribution is -2.37. The summed E-state index contributed by atoms with van der Waals surface area (Å²) >= 11 is 0. The van der Waals surface area contributed by atoms with E-state index in [-0.39, 0.29) is 49.3 Å². The lowest BCUT2D eigenvalue weighted by molar-refractivity contribution is -0.137. The fraction of sp³-hybridized carbons (Fsp3) is 0.414. The summed E-state index contributed by atoms with van der Waals surface area (Å²) in [5.74, 6) is -1.52. The van der Waals surface area contributed by atoms with Crippen molar-refractivity contribution >= 4 is 34.8 Å². The molecule has 1 aromatic heterocycles. The van der Waals surface area contributed by atoms with Crippen molar-refractivity contribution in [2.75, 3.05) is 48.4 Å². The summed E-state index contributed by atoms with van der Waals surface area (Å²) in [5.41, 5.74) is -0.504. The number of aromatic nitrogens is 3. The number of ketones is 1. The van der Waals surface area contributed by atoms with Crippen LogP contribution in [0.2, 0.25) is 0 Å². The van der Waals surface area contributed by atoms with E-state index >= 15 is 0 Å². The molecule has 2 aromatic carbocycles. The van der Waals surface area contributed by atoms with Gasteiger partial charge in [-0.3, -0.25) is 14.9 Å². The minimum Gasteiger partial charge on any atom is -0.465 e. The van der Waals surface area contributed by atoms with Crippen LogP contribution in [-0.2, 0) is 26.9 Å².